The summed E-state index contributed by atoms with van der Waals surface area (Å²) in [5, 5.41) is 12.5. The fraction of sp³-hybridized carbons (Fsp3) is 0.294. The summed E-state index contributed by atoms with van der Waals surface area (Å²) in [6.07, 6.45) is -2.88. The summed E-state index contributed by atoms with van der Waals surface area (Å²) < 4.78 is 50.2. The lowest BCUT2D eigenvalue weighted by Gasteiger charge is -2.12. The molecule has 0 atom stereocenters. The highest BCUT2D eigenvalue weighted by Gasteiger charge is 2.32. The lowest BCUT2D eigenvalue weighted by atomic mass is 10.1. The third kappa shape index (κ3) is 6.11. The third-order valence-corrected chi connectivity index (χ3v) is 3.11. The van der Waals surface area contributed by atoms with E-state index in [1.54, 1.807) is 13.8 Å². The van der Waals surface area contributed by atoms with Crippen LogP contribution in [0.4, 0.5) is 18.0 Å². The summed E-state index contributed by atoms with van der Waals surface area (Å²) >= 11 is 0. The van der Waals surface area contributed by atoms with Gasteiger partial charge in [0.05, 0.1) is 12.2 Å². The van der Waals surface area contributed by atoms with Crippen LogP contribution >= 0.6 is 0 Å². The van der Waals surface area contributed by atoms with E-state index in [0.29, 0.717) is 6.07 Å². The molecule has 150 valence electrons. The van der Waals surface area contributed by atoms with Crippen molar-refractivity contribution in [3.05, 3.63) is 36.2 Å². The van der Waals surface area contributed by atoms with Gasteiger partial charge in [-0.15, -0.1) is 5.10 Å². The summed E-state index contributed by atoms with van der Waals surface area (Å²) in [5.74, 6) is -1.72. The number of carboxylic acid groups (broad SMARTS) is 1. The summed E-state index contributed by atoms with van der Waals surface area (Å²) in [4.78, 5) is 26.0. The predicted octanol–water partition coefficient (Wildman–Crippen LogP) is 3.69. The number of halogens is 3. The average molecular weight is 399 g/mol. The Balaban J connectivity index is 2.33. The quantitative estimate of drug-likeness (QED) is 0.449. The molecule has 0 spiro atoms. The largest absolute Gasteiger partial charge is 0.513 e. The number of alkyl halides is 3. The van der Waals surface area contributed by atoms with E-state index in [0.717, 1.165) is 35.4 Å². The Labute approximate surface area is 157 Å². The maximum atomic E-state index is 13.2. The molecule has 1 aromatic heterocycles. The molecule has 0 saturated heterocycles. The molecule has 11 heteroatoms. The molecular weight excluding hydrogens is 383 g/mol. The highest BCUT2D eigenvalue weighted by molar-refractivity contribution is 5.82. The number of aromatic nitrogens is 3. The van der Waals surface area contributed by atoms with Crippen LogP contribution in [0.15, 0.2) is 30.6 Å². The number of nitrogens with zero attached hydrogens (tertiary/aromatic N) is 3. The zero-order chi connectivity index (χ0) is 20.9. The molecule has 0 fully saturated rings. The van der Waals surface area contributed by atoms with Gasteiger partial charge in [0.1, 0.15) is 12.1 Å². The smallest absolute Gasteiger partial charge is 0.478 e. The molecule has 0 aliphatic heterocycles. The Morgan fingerprint density at radius 2 is 2.00 bits per heavy atom. The van der Waals surface area contributed by atoms with Crippen molar-refractivity contribution >= 4 is 18.3 Å². The van der Waals surface area contributed by atoms with Crippen LogP contribution in [0.1, 0.15) is 19.4 Å². The Bertz CT molecular complexity index is 890. The number of aliphatic carboxylic acids is 1. The standard InChI is InChI=1S/C17H16F3N3O5/c1-10(2)8-27-16(26)28-13-6-11(5-12(7-13)17(18,19)20)15-21-9-23(22-15)4-3-14(24)25/h3-7,9-10H,8H2,1-2H3,(H,24,25)/b4-3-. The first-order valence-electron chi connectivity index (χ1n) is 7.94. The number of carboxylic acids is 1. The molecule has 0 radical (unpaired) electrons. The zero-order valence-corrected chi connectivity index (χ0v) is 14.8. The van der Waals surface area contributed by atoms with Crippen molar-refractivity contribution in [2.45, 2.75) is 20.0 Å². The third-order valence-electron chi connectivity index (χ3n) is 3.11. The Morgan fingerprint density at radius 1 is 1.29 bits per heavy atom. The van der Waals surface area contributed by atoms with Crippen LogP contribution in [0.5, 0.6) is 5.75 Å². The van der Waals surface area contributed by atoms with Gasteiger partial charge in [-0.3, -0.25) is 0 Å². The summed E-state index contributed by atoms with van der Waals surface area (Å²) in [7, 11) is 0. The molecule has 0 unspecified atom stereocenters. The van der Waals surface area contributed by atoms with Gasteiger partial charge >= 0.3 is 18.3 Å². The predicted molar refractivity (Wildman–Crippen MR) is 90.2 cm³/mol. The molecule has 2 rings (SSSR count). The van der Waals surface area contributed by atoms with E-state index >= 15 is 0 Å². The van der Waals surface area contributed by atoms with Gasteiger partial charge in [0, 0.05) is 17.8 Å². The van der Waals surface area contributed by atoms with Gasteiger partial charge in [-0.2, -0.15) is 13.2 Å². The number of carbonyl (C=O) groups excluding carboxylic acids is 1. The molecule has 28 heavy (non-hydrogen) atoms. The molecule has 1 heterocycles. The van der Waals surface area contributed by atoms with E-state index in [2.05, 4.69) is 10.1 Å². The van der Waals surface area contributed by atoms with E-state index in [-0.39, 0.29) is 23.9 Å². The average Bonchev–Trinajstić information content (AvgIpc) is 3.06. The number of rotatable bonds is 6. The molecule has 0 aliphatic rings. The van der Waals surface area contributed by atoms with Gasteiger partial charge in [-0.25, -0.2) is 19.3 Å². The van der Waals surface area contributed by atoms with Crippen LogP contribution < -0.4 is 4.74 Å². The molecule has 2 aromatic rings. The first-order valence-corrected chi connectivity index (χ1v) is 7.94. The van der Waals surface area contributed by atoms with Gasteiger partial charge in [-0.05, 0) is 24.1 Å². The SMILES string of the molecule is CC(C)COC(=O)Oc1cc(-c2ncn(/C=C\C(=O)O)n2)cc(C(F)(F)F)c1. The minimum Gasteiger partial charge on any atom is -0.478 e. The summed E-state index contributed by atoms with van der Waals surface area (Å²) in [6, 6.07) is 2.58. The van der Waals surface area contributed by atoms with E-state index < -0.39 is 29.6 Å². The van der Waals surface area contributed by atoms with Crippen LogP contribution in [-0.2, 0) is 15.7 Å². The monoisotopic (exact) mass is 399 g/mol. The van der Waals surface area contributed by atoms with Crippen molar-refractivity contribution < 1.29 is 37.3 Å². The van der Waals surface area contributed by atoms with E-state index in [4.69, 9.17) is 14.6 Å². The molecule has 0 saturated carbocycles. The Hall–Kier alpha value is -3.37. The number of benzene rings is 1. The lowest BCUT2D eigenvalue weighted by Crippen LogP contribution is -2.15. The van der Waals surface area contributed by atoms with Crippen LogP contribution in [0.3, 0.4) is 0 Å². The molecular formula is C17H16F3N3O5. The second kappa shape index (κ2) is 8.55. The van der Waals surface area contributed by atoms with Crippen LogP contribution in [-0.4, -0.2) is 38.6 Å². The minimum atomic E-state index is -4.71. The molecule has 0 amide bonds. The van der Waals surface area contributed by atoms with Crippen molar-refractivity contribution in [2.24, 2.45) is 5.92 Å². The van der Waals surface area contributed by atoms with Crippen molar-refractivity contribution in [1.82, 2.24) is 14.8 Å². The number of hydrogen-bond donors (Lipinski definition) is 1. The van der Waals surface area contributed by atoms with E-state index in [1.165, 1.54) is 0 Å². The first-order chi connectivity index (χ1) is 13.0. The summed E-state index contributed by atoms with van der Waals surface area (Å²) in [6.45, 7) is 3.62. The van der Waals surface area contributed by atoms with Crippen molar-refractivity contribution in [3.8, 4) is 17.1 Å². The van der Waals surface area contributed by atoms with Gasteiger partial charge < -0.3 is 14.6 Å². The second-order valence-electron chi connectivity index (χ2n) is 6.00. The molecule has 0 bridgehead atoms. The summed E-state index contributed by atoms with van der Waals surface area (Å²) in [5.41, 5.74) is -1.15. The topological polar surface area (TPSA) is 104 Å². The molecule has 1 aromatic carbocycles. The minimum absolute atomic E-state index is 0.0247. The van der Waals surface area contributed by atoms with Crippen LogP contribution in [0.25, 0.3) is 17.6 Å². The number of ether oxygens (including phenoxy) is 2. The van der Waals surface area contributed by atoms with Crippen molar-refractivity contribution in [2.75, 3.05) is 6.61 Å². The normalized spacial score (nSPS) is 11.8. The molecule has 0 aliphatic carbocycles. The molecule has 1 N–H and O–H groups in total. The second-order valence-corrected chi connectivity index (χ2v) is 6.00. The van der Waals surface area contributed by atoms with Gasteiger partial charge in [0.25, 0.3) is 0 Å². The van der Waals surface area contributed by atoms with Crippen molar-refractivity contribution in [1.29, 1.82) is 0 Å². The fourth-order valence-corrected chi connectivity index (χ4v) is 1.93. The zero-order valence-electron chi connectivity index (χ0n) is 14.8. The maximum absolute atomic E-state index is 13.2. The Morgan fingerprint density at radius 3 is 2.61 bits per heavy atom. The maximum Gasteiger partial charge on any atom is 0.513 e. The van der Waals surface area contributed by atoms with Gasteiger partial charge in [0.2, 0.25) is 0 Å². The highest BCUT2D eigenvalue weighted by atomic mass is 19.4. The number of carbonyl (C=O) groups is 2. The Kier molecular flexibility index (Phi) is 6.39. The molecule has 8 nitrogen and oxygen atoms in total. The lowest BCUT2D eigenvalue weighted by molar-refractivity contribution is -0.137. The van der Waals surface area contributed by atoms with Gasteiger partial charge in [-0.1, -0.05) is 13.8 Å². The number of hydrogen-bond acceptors (Lipinski definition) is 6. The van der Waals surface area contributed by atoms with E-state index in [9.17, 15) is 22.8 Å². The van der Waals surface area contributed by atoms with Crippen LogP contribution in [0, 0.1) is 5.92 Å². The highest BCUT2D eigenvalue weighted by Crippen LogP contribution is 2.35. The fourth-order valence-electron chi connectivity index (χ4n) is 1.93. The first kappa shape index (κ1) is 20.9. The van der Waals surface area contributed by atoms with Crippen LogP contribution in [0.2, 0.25) is 0 Å². The van der Waals surface area contributed by atoms with Gasteiger partial charge in [0.15, 0.2) is 5.82 Å². The van der Waals surface area contributed by atoms with Crippen molar-refractivity contribution in [3.63, 3.8) is 0 Å². The van der Waals surface area contributed by atoms with E-state index in [1.807, 2.05) is 0 Å².